The Kier molecular flexibility index (Phi) is 5.44. The minimum Gasteiger partial charge on any atom is -0.301 e. The van der Waals surface area contributed by atoms with E-state index in [0.717, 1.165) is 16.8 Å². The molecule has 3 aromatic rings. The number of halogens is 1. The van der Waals surface area contributed by atoms with E-state index in [2.05, 4.69) is 10.3 Å². The highest BCUT2D eigenvalue weighted by molar-refractivity contribution is 7.89. The van der Waals surface area contributed by atoms with Crippen LogP contribution in [0, 0.1) is 6.92 Å². The Morgan fingerprint density at radius 1 is 1.17 bits per heavy atom. The number of thiazole rings is 1. The molecule has 150 valence electrons. The van der Waals surface area contributed by atoms with Crippen LogP contribution in [0.4, 0.5) is 5.13 Å². The third-order valence-electron chi connectivity index (χ3n) is 4.78. The highest BCUT2D eigenvalue weighted by Gasteiger charge is 2.39. The molecule has 1 unspecified atom stereocenters. The summed E-state index contributed by atoms with van der Waals surface area (Å²) >= 11 is 7.22. The maximum atomic E-state index is 13.4. The van der Waals surface area contributed by atoms with E-state index in [1.54, 1.807) is 0 Å². The molecular formula is C20H18ClN3O3S2. The van der Waals surface area contributed by atoms with Gasteiger partial charge in [0.15, 0.2) is 5.13 Å². The summed E-state index contributed by atoms with van der Waals surface area (Å²) in [6.45, 7) is 1.95. The monoisotopic (exact) mass is 447 g/mol. The number of hydrogen-bond donors (Lipinski definition) is 1. The lowest BCUT2D eigenvalue weighted by molar-refractivity contribution is -0.120. The van der Waals surface area contributed by atoms with Gasteiger partial charge in [-0.2, -0.15) is 4.31 Å². The standard InChI is InChI=1S/C20H18ClN3O3S2/c1-13-12-28-20(22-13)23-19(25)18-10-14-4-2-3-5-15(14)11-24(18)29(26,27)17-8-6-16(21)7-9-17/h2-9,12,18H,10-11H2,1H3,(H,22,23,25). The summed E-state index contributed by atoms with van der Waals surface area (Å²) in [5.74, 6) is -0.397. The lowest BCUT2D eigenvalue weighted by Crippen LogP contribution is -2.50. The largest absolute Gasteiger partial charge is 0.301 e. The van der Waals surface area contributed by atoms with Gasteiger partial charge in [0.25, 0.3) is 0 Å². The Labute approximate surface area is 178 Å². The summed E-state index contributed by atoms with van der Waals surface area (Å²) < 4.78 is 28.0. The number of carbonyl (C=O) groups is 1. The number of fused-ring (bicyclic) bond motifs is 1. The minimum atomic E-state index is -3.91. The van der Waals surface area contributed by atoms with E-state index in [1.807, 2.05) is 36.6 Å². The molecule has 2 aromatic carbocycles. The van der Waals surface area contributed by atoms with Crippen molar-refractivity contribution in [3.05, 3.63) is 75.8 Å². The molecule has 6 nitrogen and oxygen atoms in total. The summed E-state index contributed by atoms with van der Waals surface area (Å²) in [6.07, 6.45) is 0.291. The molecule has 0 aliphatic carbocycles. The molecule has 9 heteroatoms. The molecule has 0 saturated heterocycles. The van der Waals surface area contributed by atoms with E-state index in [1.165, 1.54) is 39.9 Å². The van der Waals surface area contributed by atoms with Gasteiger partial charge in [-0.15, -0.1) is 11.3 Å². The molecule has 4 rings (SSSR count). The normalized spacial score (nSPS) is 17.0. The number of nitrogens with one attached hydrogen (secondary N) is 1. The third-order valence-corrected chi connectivity index (χ3v) is 7.77. The van der Waals surface area contributed by atoms with Crippen LogP contribution in [-0.4, -0.2) is 29.7 Å². The maximum Gasteiger partial charge on any atom is 0.244 e. The Morgan fingerprint density at radius 3 is 2.52 bits per heavy atom. The SMILES string of the molecule is Cc1csc(NC(=O)C2Cc3ccccc3CN2S(=O)(=O)c2ccc(Cl)cc2)n1. The van der Waals surface area contributed by atoms with Crippen molar-refractivity contribution in [2.75, 3.05) is 5.32 Å². The van der Waals surface area contributed by atoms with E-state index in [-0.39, 0.29) is 11.4 Å². The van der Waals surface area contributed by atoms with Gasteiger partial charge in [-0.1, -0.05) is 35.9 Å². The fourth-order valence-corrected chi connectivity index (χ4v) is 5.70. The number of hydrogen-bond acceptors (Lipinski definition) is 5. The van der Waals surface area contributed by atoms with Crippen molar-refractivity contribution in [1.82, 2.24) is 9.29 Å². The van der Waals surface area contributed by atoms with Gasteiger partial charge in [0.1, 0.15) is 6.04 Å². The Morgan fingerprint density at radius 2 is 1.86 bits per heavy atom. The van der Waals surface area contributed by atoms with Crippen molar-refractivity contribution in [2.45, 2.75) is 30.8 Å². The molecular weight excluding hydrogens is 430 g/mol. The van der Waals surface area contributed by atoms with Crippen molar-refractivity contribution in [1.29, 1.82) is 0 Å². The van der Waals surface area contributed by atoms with Crippen molar-refractivity contribution < 1.29 is 13.2 Å². The number of sulfonamides is 1. The number of nitrogens with zero attached hydrogens (tertiary/aromatic N) is 2. The molecule has 0 radical (unpaired) electrons. The quantitative estimate of drug-likeness (QED) is 0.658. The van der Waals surface area contributed by atoms with Crippen molar-refractivity contribution in [3.8, 4) is 0 Å². The molecule has 1 aliphatic heterocycles. The van der Waals surface area contributed by atoms with Crippen molar-refractivity contribution in [2.24, 2.45) is 0 Å². The molecule has 0 saturated carbocycles. The average molecular weight is 448 g/mol. The first-order chi connectivity index (χ1) is 13.8. The number of aryl methyl sites for hydroxylation is 1. The highest BCUT2D eigenvalue weighted by atomic mass is 35.5. The summed E-state index contributed by atoms with van der Waals surface area (Å²) in [5, 5.41) is 5.49. The van der Waals surface area contributed by atoms with Gasteiger partial charge in [-0.3, -0.25) is 4.79 Å². The Hall–Kier alpha value is -2.26. The van der Waals surface area contributed by atoms with E-state index in [0.29, 0.717) is 16.6 Å². The van der Waals surface area contributed by atoms with E-state index in [4.69, 9.17) is 11.6 Å². The lowest BCUT2D eigenvalue weighted by Gasteiger charge is -2.34. The zero-order valence-electron chi connectivity index (χ0n) is 15.5. The van der Waals surface area contributed by atoms with Crippen LogP contribution in [0.3, 0.4) is 0 Å². The number of aromatic nitrogens is 1. The molecule has 2 heterocycles. The number of anilines is 1. The van der Waals surface area contributed by atoms with Crippen molar-refractivity contribution >= 4 is 44.0 Å². The molecule has 1 aromatic heterocycles. The van der Waals surface area contributed by atoms with Gasteiger partial charge >= 0.3 is 0 Å². The zero-order chi connectivity index (χ0) is 20.6. The van der Waals surface area contributed by atoms with Crippen LogP contribution in [0.1, 0.15) is 16.8 Å². The van der Waals surface area contributed by atoms with Crippen molar-refractivity contribution in [3.63, 3.8) is 0 Å². The molecule has 1 atom stereocenters. The third kappa shape index (κ3) is 4.06. The second-order valence-electron chi connectivity index (χ2n) is 6.78. The van der Waals surface area contributed by atoms with Crippen LogP contribution in [0.25, 0.3) is 0 Å². The molecule has 1 amide bonds. The summed E-state index contributed by atoms with van der Waals surface area (Å²) in [7, 11) is -3.91. The maximum absolute atomic E-state index is 13.4. The highest BCUT2D eigenvalue weighted by Crippen LogP contribution is 2.30. The second kappa shape index (κ2) is 7.87. The zero-order valence-corrected chi connectivity index (χ0v) is 17.9. The predicted octanol–water partition coefficient (Wildman–Crippen LogP) is 3.86. The Balaban J connectivity index is 1.71. The molecule has 1 N–H and O–H groups in total. The number of amides is 1. The minimum absolute atomic E-state index is 0.101. The van der Waals surface area contributed by atoms with Gasteiger partial charge in [0, 0.05) is 16.9 Å². The van der Waals surface area contributed by atoms with Gasteiger partial charge in [0.05, 0.1) is 10.6 Å². The van der Waals surface area contributed by atoms with Crippen LogP contribution >= 0.6 is 22.9 Å². The first-order valence-corrected chi connectivity index (χ1v) is 11.6. The molecule has 29 heavy (non-hydrogen) atoms. The summed E-state index contributed by atoms with van der Waals surface area (Å²) in [4.78, 5) is 17.4. The fourth-order valence-electron chi connectivity index (χ4n) is 3.32. The lowest BCUT2D eigenvalue weighted by atomic mass is 9.95. The van der Waals surface area contributed by atoms with Crippen LogP contribution in [0.5, 0.6) is 0 Å². The fraction of sp³-hybridized carbons (Fsp3) is 0.200. The number of carbonyl (C=O) groups excluding carboxylic acids is 1. The number of rotatable bonds is 4. The van der Waals surface area contributed by atoms with Crippen LogP contribution in [0.2, 0.25) is 5.02 Å². The predicted molar refractivity (Wildman–Crippen MR) is 114 cm³/mol. The molecule has 0 bridgehead atoms. The molecule has 0 fully saturated rings. The molecule has 1 aliphatic rings. The first kappa shape index (κ1) is 20.0. The van der Waals surface area contributed by atoms with Crippen LogP contribution in [0.15, 0.2) is 58.8 Å². The smallest absolute Gasteiger partial charge is 0.244 e. The Bertz CT molecular complexity index is 1160. The van der Waals surface area contributed by atoms with Crippen LogP contribution in [-0.2, 0) is 27.8 Å². The topological polar surface area (TPSA) is 79.4 Å². The average Bonchev–Trinajstić information content (AvgIpc) is 3.11. The second-order valence-corrected chi connectivity index (χ2v) is 9.96. The van der Waals surface area contributed by atoms with Gasteiger partial charge in [-0.05, 0) is 48.7 Å². The first-order valence-electron chi connectivity index (χ1n) is 8.92. The number of benzene rings is 2. The van der Waals surface area contributed by atoms with E-state index in [9.17, 15) is 13.2 Å². The van der Waals surface area contributed by atoms with E-state index >= 15 is 0 Å². The van der Waals surface area contributed by atoms with Gasteiger partial charge in [-0.25, -0.2) is 13.4 Å². The molecule has 0 spiro atoms. The van der Waals surface area contributed by atoms with Gasteiger partial charge < -0.3 is 5.32 Å². The van der Waals surface area contributed by atoms with Gasteiger partial charge in [0.2, 0.25) is 15.9 Å². The van der Waals surface area contributed by atoms with E-state index < -0.39 is 22.0 Å². The summed E-state index contributed by atoms with van der Waals surface area (Å²) in [5.41, 5.74) is 2.65. The van der Waals surface area contributed by atoms with Crippen LogP contribution < -0.4 is 5.32 Å². The summed E-state index contributed by atoms with van der Waals surface area (Å²) in [6, 6.07) is 12.7.